The van der Waals surface area contributed by atoms with Crippen molar-refractivity contribution in [2.24, 2.45) is 4.99 Å². The van der Waals surface area contributed by atoms with Crippen LogP contribution in [0.25, 0.3) is 22.4 Å². The minimum Gasteiger partial charge on any atom is -0.338 e. The highest BCUT2D eigenvalue weighted by Crippen LogP contribution is 2.23. The van der Waals surface area contributed by atoms with E-state index in [-0.39, 0.29) is 0 Å². The van der Waals surface area contributed by atoms with Crippen molar-refractivity contribution in [1.82, 2.24) is 9.97 Å². The van der Waals surface area contributed by atoms with Gasteiger partial charge in [0.05, 0.1) is 16.7 Å². The average Bonchev–Trinajstić information content (AvgIpc) is 2.83. The largest absolute Gasteiger partial charge is 0.338 e. The number of rotatable bonds is 2. The number of aliphatic imine (C=N–C) groups is 1. The van der Waals surface area contributed by atoms with Gasteiger partial charge < -0.3 is 4.98 Å². The first kappa shape index (κ1) is 11.4. The highest BCUT2D eigenvalue weighted by Gasteiger charge is 2.05. The van der Waals surface area contributed by atoms with Gasteiger partial charge in [0.1, 0.15) is 5.82 Å². The van der Waals surface area contributed by atoms with Crippen LogP contribution in [-0.4, -0.2) is 16.0 Å². The van der Waals surface area contributed by atoms with E-state index in [1.807, 2.05) is 31.2 Å². The molecule has 1 aromatic heterocycles. The van der Waals surface area contributed by atoms with E-state index >= 15 is 0 Å². The third-order valence-electron chi connectivity index (χ3n) is 2.95. The molecule has 3 aromatic rings. The van der Waals surface area contributed by atoms with Crippen LogP contribution >= 0.6 is 0 Å². The number of hydrogen-bond donors (Lipinski definition) is 1. The molecular formula is C15H11N3O. The first-order valence-electron chi connectivity index (χ1n) is 5.91. The molecule has 0 aliphatic rings. The molecule has 0 radical (unpaired) electrons. The third-order valence-corrected chi connectivity index (χ3v) is 2.95. The molecule has 0 amide bonds. The van der Waals surface area contributed by atoms with Crippen LogP contribution in [0, 0.1) is 6.92 Å². The van der Waals surface area contributed by atoms with Crippen molar-refractivity contribution in [3.05, 3.63) is 48.0 Å². The number of imidazole rings is 1. The van der Waals surface area contributed by atoms with E-state index in [0.717, 1.165) is 22.4 Å². The van der Waals surface area contributed by atoms with Crippen molar-refractivity contribution in [3.63, 3.8) is 0 Å². The van der Waals surface area contributed by atoms with Gasteiger partial charge in [0.25, 0.3) is 0 Å². The SMILES string of the molecule is Cc1ccc2nc(-c3ccc(N=C=O)cc3)[nH]c2c1. The molecule has 2 aromatic carbocycles. The molecule has 0 atom stereocenters. The lowest BCUT2D eigenvalue weighted by Crippen LogP contribution is -1.78. The van der Waals surface area contributed by atoms with Crippen molar-refractivity contribution < 1.29 is 4.79 Å². The van der Waals surface area contributed by atoms with Crippen LogP contribution in [0.15, 0.2) is 47.5 Å². The molecule has 0 unspecified atom stereocenters. The molecule has 0 fully saturated rings. The van der Waals surface area contributed by atoms with Gasteiger partial charge in [-0.25, -0.2) is 9.78 Å². The van der Waals surface area contributed by atoms with Crippen molar-refractivity contribution >= 4 is 22.8 Å². The van der Waals surface area contributed by atoms with E-state index in [1.165, 1.54) is 11.6 Å². The molecule has 1 N–H and O–H groups in total. The van der Waals surface area contributed by atoms with Gasteiger partial charge in [0.2, 0.25) is 6.08 Å². The molecular weight excluding hydrogens is 238 g/mol. The number of isocyanates is 1. The van der Waals surface area contributed by atoms with E-state index in [0.29, 0.717) is 5.69 Å². The maximum absolute atomic E-state index is 10.2. The van der Waals surface area contributed by atoms with Gasteiger partial charge in [-0.1, -0.05) is 6.07 Å². The first-order chi connectivity index (χ1) is 9.26. The molecule has 0 bridgehead atoms. The summed E-state index contributed by atoms with van der Waals surface area (Å²) in [5, 5.41) is 0. The van der Waals surface area contributed by atoms with E-state index in [9.17, 15) is 4.79 Å². The summed E-state index contributed by atoms with van der Waals surface area (Å²) >= 11 is 0. The maximum Gasteiger partial charge on any atom is 0.240 e. The molecule has 0 aliphatic heterocycles. The molecule has 92 valence electrons. The zero-order valence-corrected chi connectivity index (χ0v) is 10.3. The van der Waals surface area contributed by atoms with Gasteiger partial charge in [-0.15, -0.1) is 0 Å². The molecule has 4 nitrogen and oxygen atoms in total. The fourth-order valence-corrected chi connectivity index (χ4v) is 2.01. The van der Waals surface area contributed by atoms with Crippen molar-refractivity contribution in [2.45, 2.75) is 6.92 Å². The highest BCUT2D eigenvalue weighted by atomic mass is 16.1. The number of nitrogens with one attached hydrogen (secondary N) is 1. The Balaban J connectivity index is 2.05. The Bertz CT molecular complexity index is 781. The Morgan fingerprint density at radius 3 is 2.68 bits per heavy atom. The summed E-state index contributed by atoms with van der Waals surface area (Å²) < 4.78 is 0. The Morgan fingerprint density at radius 2 is 1.95 bits per heavy atom. The monoisotopic (exact) mass is 249 g/mol. The Labute approximate surface area is 109 Å². The molecule has 4 heteroatoms. The van der Waals surface area contributed by atoms with E-state index in [4.69, 9.17) is 0 Å². The fourth-order valence-electron chi connectivity index (χ4n) is 2.01. The number of fused-ring (bicyclic) bond motifs is 1. The van der Waals surface area contributed by atoms with E-state index < -0.39 is 0 Å². The average molecular weight is 249 g/mol. The van der Waals surface area contributed by atoms with Gasteiger partial charge in [-0.3, -0.25) is 0 Å². The lowest BCUT2D eigenvalue weighted by Gasteiger charge is -1.96. The van der Waals surface area contributed by atoms with Crippen molar-refractivity contribution in [3.8, 4) is 11.4 Å². The summed E-state index contributed by atoms with van der Waals surface area (Å²) in [6, 6.07) is 13.4. The van der Waals surface area contributed by atoms with Gasteiger partial charge in [0, 0.05) is 5.56 Å². The Morgan fingerprint density at radius 1 is 1.16 bits per heavy atom. The minimum atomic E-state index is 0.589. The van der Waals surface area contributed by atoms with Gasteiger partial charge in [-0.05, 0) is 48.9 Å². The number of benzene rings is 2. The van der Waals surface area contributed by atoms with Crippen LogP contribution in [0.4, 0.5) is 5.69 Å². The number of aromatic amines is 1. The number of aromatic nitrogens is 2. The van der Waals surface area contributed by atoms with E-state index in [1.54, 1.807) is 12.1 Å². The van der Waals surface area contributed by atoms with Gasteiger partial charge in [-0.2, -0.15) is 4.99 Å². The van der Waals surface area contributed by atoms with Crippen LogP contribution in [0.5, 0.6) is 0 Å². The molecule has 3 rings (SSSR count). The normalized spacial score (nSPS) is 10.4. The minimum absolute atomic E-state index is 0.589. The smallest absolute Gasteiger partial charge is 0.240 e. The summed E-state index contributed by atoms with van der Waals surface area (Å²) in [6.07, 6.45) is 1.52. The van der Waals surface area contributed by atoms with Crippen LogP contribution in [0.1, 0.15) is 5.56 Å². The third kappa shape index (κ3) is 2.17. The topological polar surface area (TPSA) is 58.1 Å². The molecule has 0 aliphatic carbocycles. The summed E-state index contributed by atoms with van der Waals surface area (Å²) in [5.74, 6) is 0.808. The zero-order valence-electron chi connectivity index (χ0n) is 10.3. The summed E-state index contributed by atoms with van der Waals surface area (Å²) in [7, 11) is 0. The van der Waals surface area contributed by atoms with Crippen molar-refractivity contribution in [1.29, 1.82) is 0 Å². The Kier molecular flexibility index (Phi) is 2.71. The van der Waals surface area contributed by atoms with Crippen molar-refractivity contribution in [2.75, 3.05) is 0 Å². The number of aryl methyl sites for hydroxylation is 1. The first-order valence-corrected chi connectivity index (χ1v) is 5.91. The van der Waals surface area contributed by atoms with Crippen LogP contribution in [-0.2, 0) is 4.79 Å². The maximum atomic E-state index is 10.2. The van der Waals surface area contributed by atoms with Crippen LogP contribution in [0.3, 0.4) is 0 Å². The standard InChI is InChI=1S/C15H11N3O/c1-10-2-7-13-14(8-10)18-15(17-13)11-3-5-12(6-4-11)16-9-19/h2-8H,1H3,(H,17,18). The number of hydrogen-bond acceptors (Lipinski definition) is 3. The lowest BCUT2D eigenvalue weighted by molar-refractivity contribution is 0.565. The predicted molar refractivity (Wildman–Crippen MR) is 74.0 cm³/mol. The zero-order chi connectivity index (χ0) is 13.2. The fraction of sp³-hybridized carbons (Fsp3) is 0.0667. The highest BCUT2D eigenvalue weighted by molar-refractivity contribution is 5.80. The summed E-state index contributed by atoms with van der Waals surface area (Å²) in [4.78, 5) is 21.5. The number of carbonyl (C=O) groups excluding carboxylic acids is 1. The van der Waals surface area contributed by atoms with Gasteiger partial charge >= 0.3 is 0 Å². The second-order valence-corrected chi connectivity index (χ2v) is 4.36. The number of H-pyrrole nitrogens is 1. The van der Waals surface area contributed by atoms with E-state index in [2.05, 4.69) is 21.0 Å². The predicted octanol–water partition coefficient (Wildman–Crippen LogP) is 3.51. The summed E-state index contributed by atoms with van der Waals surface area (Å²) in [5.41, 5.74) is 4.70. The Hall–Kier alpha value is -2.71. The summed E-state index contributed by atoms with van der Waals surface area (Å²) in [6.45, 7) is 2.05. The molecule has 0 saturated heterocycles. The van der Waals surface area contributed by atoms with Crippen LogP contribution < -0.4 is 0 Å². The molecule has 0 spiro atoms. The van der Waals surface area contributed by atoms with Crippen LogP contribution in [0.2, 0.25) is 0 Å². The molecule has 1 heterocycles. The van der Waals surface area contributed by atoms with Gasteiger partial charge in [0.15, 0.2) is 0 Å². The molecule has 19 heavy (non-hydrogen) atoms. The lowest BCUT2D eigenvalue weighted by atomic mass is 10.2. The molecule has 0 saturated carbocycles. The number of nitrogens with zero attached hydrogens (tertiary/aromatic N) is 2. The quantitative estimate of drug-likeness (QED) is 0.558. The second kappa shape index (κ2) is 4.52. The second-order valence-electron chi connectivity index (χ2n) is 4.36.